The van der Waals surface area contributed by atoms with Gasteiger partial charge in [0.25, 0.3) is 0 Å². The van der Waals surface area contributed by atoms with Gasteiger partial charge in [-0.2, -0.15) is 0 Å². The van der Waals surface area contributed by atoms with Gasteiger partial charge in [-0.05, 0) is 81.6 Å². The molecule has 4 saturated heterocycles. The summed E-state index contributed by atoms with van der Waals surface area (Å²) in [6.07, 6.45) is 7.56. The first-order chi connectivity index (χ1) is 26.3. The molecular weight excluding hydrogens is 718 g/mol. The molecule has 7 atom stereocenters. The number of rotatable bonds is 9. The van der Waals surface area contributed by atoms with Gasteiger partial charge in [0.2, 0.25) is 35.4 Å². The van der Waals surface area contributed by atoms with Gasteiger partial charge in [-0.3, -0.25) is 28.8 Å². The number of nitrogens with zero attached hydrogens (tertiary/aromatic N) is 3. The van der Waals surface area contributed by atoms with E-state index in [1.807, 2.05) is 13.8 Å². The highest BCUT2D eigenvalue weighted by molar-refractivity contribution is 5.98. The Kier molecular flexibility index (Phi) is 14.0. The van der Waals surface area contributed by atoms with Gasteiger partial charge >= 0.3 is 5.97 Å². The number of nitrogens with one attached hydrogen (secondary N) is 3. The lowest BCUT2D eigenvalue weighted by atomic mass is 9.99. The molecule has 4 heterocycles. The van der Waals surface area contributed by atoms with Crippen LogP contribution in [0.25, 0.3) is 0 Å². The Morgan fingerprint density at radius 1 is 0.909 bits per heavy atom. The van der Waals surface area contributed by atoms with Gasteiger partial charge in [0, 0.05) is 32.1 Å². The molecule has 0 spiro atoms. The van der Waals surface area contributed by atoms with Crippen LogP contribution in [0.5, 0.6) is 0 Å². The van der Waals surface area contributed by atoms with Crippen LogP contribution in [0.3, 0.4) is 0 Å². The largest absolute Gasteiger partial charge is 0.461 e. The van der Waals surface area contributed by atoms with E-state index in [1.165, 1.54) is 27.7 Å². The number of hydrogen-bond donors (Lipinski definition) is 3. The summed E-state index contributed by atoms with van der Waals surface area (Å²) in [6, 6.07) is -4.14. The highest BCUT2D eigenvalue weighted by Crippen LogP contribution is 2.28. The van der Waals surface area contributed by atoms with Crippen LogP contribution >= 0.6 is 0 Å². The second kappa shape index (κ2) is 18.6. The maximum absolute atomic E-state index is 14.4. The molecule has 1 unspecified atom stereocenters. The number of carbonyl (C=O) groups is 7. The Morgan fingerprint density at radius 3 is 2.33 bits per heavy atom. The van der Waals surface area contributed by atoms with Crippen molar-refractivity contribution in [3.8, 4) is 0 Å². The van der Waals surface area contributed by atoms with Crippen LogP contribution in [0.1, 0.15) is 84.1 Å². The smallest absolute Gasteiger partial charge is 0.328 e. The predicted octanol–water partition coefficient (Wildman–Crippen LogP) is 1.89. The maximum Gasteiger partial charge on any atom is 0.328 e. The van der Waals surface area contributed by atoms with Gasteiger partial charge in [-0.1, -0.05) is 32.8 Å². The fraction of sp³-hybridized carbons (Fsp3) is 0.615. The summed E-state index contributed by atoms with van der Waals surface area (Å²) in [5, 5.41) is 7.92. The lowest BCUT2D eigenvalue weighted by molar-refractivity contribution is -0.158. The lowest BCUT2D eigenvalue weighted by Crippen LogP contribution is -2.62. The number of ether oxygens (including phenoxy) is 1. The van der Waals surface area contributed by atoms with Crippen molar-refractivity contribution in [1.29, 1.82) is 0 Å². The standard InChI is InChI=1S/C39H52F2N6O8/c1-4-5-6-7-13-33(48)43-28(19-25-17-26(40)20-27(41)18-25)34(49)44-29-22-55-39(54)32-16-23(2)21-47(32)36(51)24(3)42-35(50)30-11-8-9-14-45(30)38(53)31-12-10-15-46(31)37(29)52/h7,13,17-18,20,23-24,28-32H,4-6,8-12,14-16,19,21-22H2,1-3H3,(H,42,50)(H,43,48)(H,44,49)/b13-7+/t23-,24?,28+,29+,30+,31+,32+/m1/s1. The zero-order valence-corrected chi connectivity index (χ0v) is 31.7. The van der Waals surface area contributed by atoms with Crippen molar-refractivity contribution in [2.75, 3.05) is 26.2 Å². The summed E-state index contributed by atoms with van der Waals surface area (Å²) in [4.78, 5) is 101. The summed E-state index contributed by atoms with van der Waals surface area (Å²) in [5.41, 5.74) is 0.0586. The van der Waals surface area contributed by atoms with Crippen molar-refractivity contribution in [1.82, 2.24) is 30.7 Å². The quantitative estimate of drug-likeness (QED) is 0.194. The molecular formula is C39H52F2N6O8. The molecule has 4 fully saturated rings. The number of amides is 6. The predicted molar refractivity (Wildman–Crippen MR) is 195 cm³/mol. The summed E-state index contributed by atoms with van der Waals surface area (Å²) < 4.78 is 34.0. The minimum atomic E-state index is -1.55. The fourth-order valence-electron chi connectivity index (χ4n) is 7.89. The molecule has 16 heteroatoms. The third-order valence-corrected chi connectivity index (χ3v) is 10.7. The molecule has 1 aromatic carbocycles. The molecule has 0 aromatic heterocycles. The first-order valence-corrected chi connectivity index (χ1v) is 19.4. The normalized spacial score (nSPS) is 27.3. The van der Waals surface area contributed by atoms with Crippen LogP contribution in [-0.2, 0) is 44.7 Å². The molecule has 3 N–H and O–H groups in total. The number of esters is 1. The molecule has 5 rings (SSSR count). The number of fused-ring (bicyclic) bond motifs is 3. The van der Waals surface area contributed by atoms with Crippen molar-refractivity contribution in [3.63, 3.8) is 0 Å². The minimum Gasteiger partial charge on any atom is -0.461 e. The average Bonchev–Trinajstić information content (AvgIpc) is 3.80. The number of cyclic esters (lactones) is 1. The highest BCUT2D eigenvalue weighted by atomic mass is 19.1. The third kappa shape index (κ3) is 10.3. The molecule has 6 amide bonds. The van der Waals surface area contributed by atoms with Crippen LogP contribution in [0, 0.1) is 17.6 Å². The van der Waals surface area contributed by atoms with E-state index in [0.717, 1.165) is 25.0 Å². The average molecular weight is 771 g/mol. The number of carbonyl (C=O) groups excluding carboxylic acids is 7. The Labute approximate surface area is 319 Å². The molecule has 14 nitrogen and oxygen atoms in total. The van der Waals surface area contributed by atoms with Crippen molar-refractivity contribution in [3.05, 3.63) is 47.5 Å². The van der Waals surface area contributed by atoms with Crippen molar-refractivity contribution < 1.29 is 47.1 Å². The Bertz CT molecular complexity index is 1650. The zero-order chi connectivity index (χ0) is 39.8. The Hall–Kier alpha value is -4.89. The summed E-state index contributed by atoms with van der Waals surface area (Å²) in [7, 11) is 0. The van der Waals surface area contributed by atoms with Crippen LogP contribution < -0.4 is 16.0 Å². The number of hydrogen-bond acceptors (Lipinski definition) is 8. The number of unbranched alkanes of at least 4 members (excludes halogenated alkanes) is 2. The van der Waals surface area contributed by atoms with E-state index in [4.69, 9.17) is 4.74 Å². The van der Waals surface area contributed by atoms with E-state index in [9.17, 15) is 42.3 Å². The first kappa shape index (κ1) is 41.3. The monoisotopic (exact) mass is 770 g/mol. The van der Waals surface area contributed by atoms with E-state index >= 15 is 0 Å². The SMILES string of the molecule is CCCC/C=C/C(=O)N[C@@H](Cc1cc(F)cc(F)c1)C(=O)N[C@H]1COC(=O)[C@@H]2C[C@@H](C)CN2C(=O)C(C)NC(=O)[C@@H]2CCCCN2C(=O)[C@@H]2CCCN2C1=O. The van der Waals surface area contributed by atoms with E-state index in [-0.39, 0.29) is 50.4 Å². The molecule has 300 valence electrons. The number of allylic oxidation sites excluding steroid dienone is 1. The van der Waals surface area contributed by atoms with E-state index < -0.39 is 95.9 Å². The van der Waals surface area contributed by atoms with Crippen LogP contribution in [0.4, 0.5) is 8.78 Å². The van der Waals surface area contributed by atoms with Crippen LogP contribution in [0.2, 0.25) is 0 Å². The zero-order valence-electron chi connectivity index (χ0n) is 31.7. The summed E-state index contributed by atoms with van der Waals surface area (Å²) in [5.74, 6) is -6.41. The van der Waals surface area contributed by atoms with Gasteiger partial charge in [-0.25, -0.2) is 13.6 Å². The van der Waals surface area contributed by atoms with E-state index in [1.54, 1.807) is 6.08 Å². The Morgan fingerprint density at radius 2 is 1.60 bits per heavy atom. The first-order valence-electron chi connectivity index (χ1n) is 19.4. The van der Waals surface area contributed by atoms with Gasteiger partial charge < -0.3 is 35.4 Å². The molecule has 0 saturated carbocycles. The van der Waals surface area contributed by atoms with Crippen molar-refractivity contribution >= 4 is 41.4 Å². The topological polar surface area (TPSA) is 175 Å². The Balaban J connectivity index is 1.47. The van der Waals surface area contributed by atoms with E-state index in [2.05, 4.69) is 16.0 Å². The summed E-state index contributed by atoms with van der Waals surface area (Å²) >= 11 is 0. The van der Waals surface area contributed by atoms with Gasteiger partial charge in [0.05, 0.1) is 0 Å². The number of benzene rings is 1. The summed E-state index contributed by atoms with van der Waals surface area (Å²) in [6.45, 7) is 5.35. The van der Waals surface area contributed by atoms with Crippen molar-refractivity contribution in [2.45, 2.75) is 121 Å². The third-order valence-electron chi connectivity index (χ3n) is 10.7. The van der Waals surface area contributed by atoms with Crippen LogP contribution in [0.15, 0.2) is 30.4 Å². The van der Waals surface area contributed by atoms with Crippen LogP contribution in [-0.4, -0.2) is 119 Å². The highest BCUT2D eigenvalue weighted by Gasteiger charge is 2.46. The minimum absolute atomic E-state index is 0.0586. The lowest BCUT2D eigenvalue weighted by Gasteiger charge is -2.39. The number of piperidine rings is 1. The van der Waals surface area contributed by atoms with Gasteiger partial charge in [0.15, 0.2) is 0 Å². The second-order valence-electron chi connectivity index (χ2n) is 15.1. The maximum atomic E-state index is 14.4. The molecule has 4 aliphatic rings. The second-order valence-corrected chi connectivity index (χ2v) is 15.1. The molecule has 55 heavy (non-hydrogen) atoms. The number of halogens is 2. The molecule has 1 aromatic rings. The van der Waals surface area contributed by atoms with Crippen molar-refractivity contribution in [2.24, 2.45) is 5.92 Å². The fourth-order valence-corrected chi connectivity index (χ4v) is 7.89. The molecule has 4 aliphatic heterocycles. The molecule has 0 aliphatic carbocycles. The van der Waals surface area contributed by atoms with Gasteiger partial charge in [-0.15, -0.1) is 0 Å². The van der Waals surface area contributed by atoms with Gasteiger partial charge in [0.1, 0.15) is 54.5 Å². The molecule has 0 bridgehead atoms. The molecule has 0 radical (unpaired) electrons. The van der Waals surface area contributed by atoms with E-state index in [0.29, 0.717) is 38.2 Å².